The van der Waals surface area contributed by atoms with Crippen LogP contribution in [-0.2, 0) is 9.05 Å². The van der Waals surface area contributed by atoms with Gasteiger partial charge in [0.05, 0.1) is 17.2 Å². The number of anilines is 1. The van der Waals surface area contributed by atoms with Crippen LogP contribution < -0.4 is 5.32 Å². The molecule has 2 aromatic rings. The maximum absolute atomic E-state index is 11.2. The van der Waals surface area contributed by atoms with E-state index < -0.39 is 13.3 Å². The summed E-state index contributed by atoms with van der Waals surface area (Å²) in [5.74, 6) is 0. The molecule has 10 heteroatoms. The number of rotatable bonds is 15. The second kappa shape index (κ2) is 11.9. The number of non-ortho nitro benzene ring substituents is 1. The molecule has 0 aliphatic heterocycles. The lowest BCUT2D eigenvalue weighted by Crippen LogP contribution is -2.32. The van der Waals surface area contributed by atoms with Gasteiger partial charge in [-0.2, -0.15) is 0 Å². The summed E-state index contributed by atoms with van der Waals surface area (Å²) < 4.78 is 16.5. The summed E-state index contributed by atoms with van der Waals surface area (Å²) in [6.45, 7) is 12.3. The molecule has 0 saturated carbocycles. The zero-order valence-corrected chi connectivity index (χ0v) is 21.0. The fraction of sp³-hybridized carbons (Fsp3) is 0.727. The van der Waals surface area contributed by atoms with E-state index in [9.17, 15) is 10.1 Å². The van der Waals surface area contributed by atoms with Crippen molar-refractivity contribution in [3.05, 3.63) is 22.2 Å². The van der Waals surface area contributed by atoms with E-state index >= 15 is 0 Å². The first-order chi connectivity index (χ1) is 15.1. The maximum Gasteiger partial charge on any atom is 0.300 e. The Morgan fingerprint density at radius 3 is 2.50 bits per heavy atom. The van der Waals surface area contributed by atoms with E-state index in [4.69, 9.17) is 13.7 Å². The van der Waals surface area contributed by atoms with Crippen LogP contribution in [0.25, 0.3) is 11.0 Å². The van der Waals surface area contributed by atoms with E-state index in [-0.39, 0.29) is 22.0 Å². The lowest BCUT2D eigenvalue weighted by molar-refractivity contribution is -0.383. The van der Waals surface area contributed by atoms with Crippen molar-refractivity contribution in [1.82, 2.24) is 10.3 Å². The SMILES string of the molecule is CCCCCCP(OC)OCC(C)(C)CC(C)(C)CNc1ccc([N+](=O)[O-])c2nonc12. The number of unbranched alkanes of at least 4 members (excludes halogenated alkanes) is 3. The summed E-state index contributed by atoms with van der Waals surface area (Å²) in [5, 5.41) is 22.1. The number of nitro groups is 1. The van der Waals surface area contributed by atoms with Crippen molar-refractivity contribution in [3.63, 3.8) is 0 Å². The van der Waals surface area contributed by atoms with Gasteiger partial charge in [-0.25, -0.2) is 4.63 Å². The summed E-state index contributed by atoms with van der Waals surface area (Å²) in [6.07, 6.45) is 6.74. The molecular weight excluding hydrogens is 431 g/mol. The maximum atomic E-state index is 11.2. The number of nitrogens with one attached hydrogen (secondary N) is 1. The normalized spacial score (nSPS) is 13.4. The van der Waals surface area contributed by atoms with E-state index in [2.05, 4.69) is 50.2 Å². The van der Waals surface area contributed by atoms with Gasteiger partial charge >= 0.3 is 5.69 Å². The second-order valence-corrected chi connectivity index (χ2v) is 11.5. The van der Waals surface area contributed by atoms with Crippen molar-refractivity contribution in [2.24, 2.45) is 10.8 Å². The summed E-state index contributed by atoms with van der Waals surface area (Å²) in [4.78, 5) is 10.7. The minimum absolute atomic E-state index is 0.0338. The highest BCUT2D eigenvalue weighted by molar-refractivity contribution is 7.47. The number of aromatic nitrogens is 2. The van der Waals surface area contributed by atoms with Gasteiger partial charge < -0.3 is 14.4 Å². The van der Waals surface area contributed by atoms with E-state index in [0.717, 1.165) is 19.0 Å². The quantitative estimate of drug-likeness (QED) is 0.136. The van der Waals surface area contributed by atoms with Crippen LogP contribution >= 0.6 is 8.38 Å². The fourth-order valence-corrected chi connectivity index (χ4v) is 5.40. The third-order valence-electron chi connectivity index (χ3n) is 5.30. The van der Waals surface area contributed by atoms with Crippen molar-refractivity contribution in [3.8, 4) is 0 Å². The van der Waals surface area contributed by atoms with Gasteiger partial charge in [0.1, 0.15) is 0 Å². The number of fused-ring (bicyclic) bond motifs is 1. The Labute approximate surface area is 191 Å². The van der Waals surface area contributed by atoms with Crippen molar-refractivity contribution in [1.29, 1.82) is 0 Å². The van der Waals surface area contributed by atoms with E-state index in [0.29, 0.717) is 24.4 Å². The van der Waals surface area contributed by atoms with Crippen LogP contribution in [-0.4, -0.2) is 41.7 Å². The van der Waals surface area contributed by atoms with Crippen molar-refractivity contribution in [2.75, 3.05) is 31.7 Å². The van der Waals surface area contributed by atoms with Gasteiger partial charge in [0.15, 0.2) is 13.9 Å². The molecule has 32 heavy (non-hydrogen) atoms. The van der Waals surface area contributed by atoms with Gasteiger partial charge in [-0.3, -0.25) is 10.1 Å². The first-order valence-corrected chi connectivity index (χ1v) is 12.5. The van der Waals surface area contributed by atoms with E-state index in [1.165, 1.54) is 25.3 Å². The fourth-order valence-electron chi connectivity index (χ4n) is 4.01. The number of hydrogen-bond donors (Lipinski definition) is 1. The minimum Gasteiger partial charge on any atom is -0.383 e. The van der Waals surface area contributed by atoms with Crippen LogP contribution in [0.2, 0.25) is 0 Å². The largest absolute Gasteiger partial charge is 0.383 e. The molecule has 0 spiro atoms. The molecule has 0 radical (unpaired) electrons. The predicted molar refractivity (Wildman–Crippen MR) is 128 cm³/mol. The zero-order valence-electron chi connectivity index (χ0n) is 20.1. The standard InChI is InChI=1S/C22H37N4O5P/c1-7-8-9-10-13-32(29-6)30-16-22(4,5)14-21(2,3)15-23-17-11-12-18(26(27)28)20-19(17)24-31-25-20/h11-12,23H,7-10,13-16H2,1-6H3. The molecule has 1 aromatic heterocycles. The van der Waals surface area contributed by atoms with Gasteiger partial charge in [-0.05, 0) is 40.1 Å². The molecule has 0 aliphatic carbocycles. The Balaban J connectivity index is 1.91. The van der Waals surface area contributed by atoms with Crippen molar-refractivity contribution in [2.45, 2.75) is 66.7 Å². The Bertz CT molecular complexity index is 871. The van der Waals surface area contributed by atoms with Crippen LogP contribution in [0.1, 0.15) is 66.7 Å². The Kier molecular flexibility index (Phi) is 9.80. The van der Waals surface area contributed by atoms with Gasteiger partial charge in [0, 0.05) is 25.9 Å². The Hall–Kier alpha value is -1.83. The van der Waals surface area contributed by atoms with Crippen LogP contribution in [0.4, 0.5) is 11.4 Å². The first kappa shape index (κ1) is 26.4. The predicted octanol–water partition coefficient (Wildman–Crippen LogP) is 6.54. The van der Waals surface area contributed by atoms with Crippen LogP contribution in [0.3, 0.4) is 0 Å². The second-order valence-electron chi connectivity index (χ2n) is 9.78. The molecule has 0 amide bonds. The average molecular weight is 469 g/mol. The lowest BCUT2D eigenvalue weighted by atomic mass is 9.75. The number of nitro benzene ring substituents is 1. The molecule has 1 aromatic carbocycles. The molecule has 180 valence electrons. The van der Waals surface area contributed by atoms with Crippen LogP contribution in [0, 0.1) is 20.9 Å². The molecule has 0 fully saturated rings. The smallest absolute Gasteiger partial charge is 0.300 e. The Morgan fingerprint density at radius 1 is 1.12 bits per heavy atom. The summed E-state index contributed by atoms with van der Waals surface area (Å²) in [6, 6.07) is 3.08. The van der Waals surface area contributed by atoms with E-state index in [1.807, 2.05) is 0 Å². The van der Waals surface area contributed by atoms with Crippen LogP contribution in [0.5, 0.6) is 0 Å². The molecule has 1 heterocycles. The van der Waals surface area contributed by atoms with Crippen LogP contribution in [0.15, 0.2) is 16.8 Å². The molecule has 2 rings (SSSR count). The molecule has 0 aliphatic rings. The third-order valence-corrected chi connectivity index (χ3v) is 6.81. The molecule has 0 bridgehead atoms. The number of hydrogen-bond acceptors (Lipinski definition) is 8. The highest BCUT2D eigenvalue weighted by Gasteiger charge is 2.30. The molecule has 1 atom stereocenters. The molecule has 0 saturated heterocycles. The molecule has 1 unspecified atom stereocenters. The summed E-state index contributed by atoms with van der Waals surface area (Å²) in [7, 11) is 0.888. The summed E-state index contributed by atoms with van der Waals surface area (Å²) >= 11 is 0. The zero-order chi connectivity index (χ0) is 23.8. The summed E-state index contributed by atoms with van der Waals surface area (Å²) in [5.41, 5.74) is 0.977. The monoisotopic (exact) mass is 468 g/mol. The van der Waals surface area contributed by atoms with Crippen molar-refractivity contribution < 1.29 is 18.6 Å². The number of nitrogens with zero attached hydrogens (tertiary/aromatic N) is 3. The van der Waals surface area contributed by atoms with E-state index in [1.54, 1.807) is 13.2 Å². The van der Waals surface area contributed by atoms with Gasteiger partial charge in [-0.1, -0.05) is 53.9 Å². The third kappa shape index (κ3) is 7.94. The molecular formula is C22H37N4O5P. The number of benzene rings is 1. The minimum atomic E-state index is -0.844. The highest BCUT2D eigenvalue weighted by Crippen LogP contribution is 2.43. The Morgan fingerprint density at radius 2 is 1.84 bits per heavy atom. The van der Waals surface area contributed by atoms with Gasteiger partial charge in [-0.15, -0.1) is 0 Å². The van der Waals surface area contributed by atoms with Crippen molar-refractivity contribution >= 4 is 30.8 Å². The first-order valence-electron chi connectivity index (χ1n) is 11.2. The highest BCUT2D eigenvalue weighted by atomic mass is 31.2. The topological polar surface area (TPSA) is 113 Å². The molecule has 9 nitrogen and oxygen atoms in total. The van der Waals surface area contributed by atoms with Gasteiger partial charge in [0.2, 0.25) is 5.52 Å². The molecule has 1 N–H and O–H groups in total. The lowest BCUT2D eigenvalue weighted by Gasteiger charge is -2.35. The average Bonchev–Trinajstić information content (AvgIpc) is 3.20. The van der Waals surface area contributed by atoms with Gasteiger partial charge in [0.25, 0.3) is 0 Å².